The number of β-amino-alcohol motifs (C(OH)–C–C–N with tert-alkyl or cyclic N) is 1. The fourth-order valence-electron chi connectivity index (χ4n) is 4.68. The lowest BCUT2D eigenvalue weighted by Crippen LogP contribution is -2.58. The van der Waals surface area contributed by atoms with Gasteiger partial charge < -0.3 is 34.9 Å². The SMILES string of the molecule is COc1ccccc1NC(=O)N1C[C@H](O)COC[C@@H]2O[C@@H](CC(=O)NCCc3ccncc3)CC[C@H]21. The average Bonchev–Trinajstić information content (AvgIpc) is 2.87. The predicted molar refractivity (Wildman–Crippen MR) is 133 cm³/mol. The summed E-state index contributed by atoms with van der Waals surface area (Å²) in [6.45, 7) is 0.997. The molecule has 2 aromatic rings. The molecule has 4 atom stereocenters. The molecule has 1 aromatic heterocycles. The van der Waals surface area contributed by atoms with E-state index in [9.17, 15) is 14.7 Å². The first-order valence-electron chi connectivity index (χ1n) is 12.3. The van der Waals surface area contributed by atoms with E-state index >= 15 is 0 Å². The lowest BCUT2D eigenvalue weighted by atomic mass is 9.95. The highest BCUT2D eigenvalue weighted by Gasteiger charge is 2.40. The van der Waals surface area contributed by atoms with Gasteiger partial charge in [-0.15, -0.1) is 0 Å². The van der Waals surface area contributed by atoms with Crippen LogP contribution in [0.3, 0.4) is 0 Å². The number of rotatable bonds is 7. The molecule has 2 aliphatic rings. The highest BCUT2D eigenvalue weighted by molar-refractivity contribution is 5.91. The molecule has 0 unspecified atom stereocenters. The molecule has 194 valence electrons. The van der Waals surface area contributed by atoms with Crippen LogP contribution < -0.4 is 15.4 Å². The van der Waals surface area contributed by atoms with Gasteiger partial charge in [-0.3, -0.25) is 9.78 Å². The van der Waals surface area contributed by atoms with Gasteiger partial charge in [-0.05, 0) is 49.1 Å². The van der Waals surface area contributed by atoms with Crippen molar-refractivity contribution in [1.29, 1.82) is 0 Å². The third-order valence-electron chi connectivity index (χ3n) is 6.49. The van der Waals surface area contributed by atoms with Gasteiger partial charge in [-0.1, -0.05) is 12.1 Å². The molecule has 10 heteroatoms. The third kappa shape index (κ3) is 6.93. The molecule has 0 spiro atoms. The number of methoxy groups -OCH3 is 1. The number of hydrogen-bond donors (Lipinski definition) is 3. The Kier molecular flexibility index (Phi) is 9.10. The number of hydrogen-bond acceptors (Lipinski definition) is 7. The van der Waals surface area contributed by atoms with Gasteiger partial charge >= 0.3 is 6.03 Å². The van der Waals surface area contributed by atoms with Crippen LogP contribution in [0.5, 0.6) is 5.75 Å². The summed E-state index contributed by atoms with van der Waals surface area (Å²) in [5, 5.41) is 16.2. The summed E-state index contributed by atoms with van der Waals surface area (Å²) < 4.78 is 17.2. The summed E-state index contributed by atoms with van der Waals surface area (Å²) in [5.74, 6) is 0.480. The fraction of sp³-hybridized carbons (Fsp3) is 0.500. The van der Waals surface area contributed by atoms with E-state index in [2.05, 4.69) is 15.6 Å². The van der Waals surface area contributed by atoms with Crippen LogP contribution in [0.15, 0.2) is 48.8 Å². The smallest absolute Gasteiger partial charge is 0.322 e. The van der Waals surface area contributed by atoms with Crippen molar-refractivity contribution in [3.05, 3.63) is 54.4 Å². The number of urea groups is 1. The van der Waals surface area contributed by atoms with Crippen molar-refractivity contribution in [3.63, 3.8) is 0 Å². The molecule has 0 radical (unpaired) electrons. The zero-order valence-corrected chi connectivity index (χ0v) is 20.5. The molecule has 0 bridgehead atoms. The molecule has 3 amide bonds. The van der Waals surface area contributed by atoms with Crippen molar-refractivity contribution in [2.75, 3.05) is 38.7 Å². The van der Waals surface area contributed by atoms with E-state index < -0.39 is 12.2 Å². The topological polar surface area (TPSA) is 122 Å². The quantitative estimate of drug-likeness (QED) is 0.534. The molecule has 2 aliphatic heterocycles. The second kappa shape index (κ2) is 12.7. The number of aromatic nitrogens is 1. The summed E-state index contributed by atoms with van der Waals surface area (Å²) >= 11 is 0. The van der Waals surface area contributed by atoms with Gasteiger partial charge in [0.05, 0.1) is 57.2 Å². The number of para-hydroxylation sites is 2. The number of amides is 3. The first kappa shape index (κ1) is 25.9. The summed E-state index contributed by atoms with van der Waals surface area (Å²) in [7, 11) is 1.54. The van der Waals surface area contributed by atoms with Crippen molar-refractivity contribution >= 4 is 17.6 Å². The molecular weight excluding hydrogens is 464 g/mol. The monoisotopic (exact) mass is 498 g/mol. The maximum absolute atomic E-state index is 13.3. The van der Waals surface area contributed by atoms with Crippen molar-refractivity contribution in [1.82, 2.24) is 15.2 Å². The Bertz CT molecular complexity index is 1010. The minimum absolute atomic E-state index is 0.0690. The predicted octanol–water partition coefficient (Wildman–Crippen LogP) is 1.98. The molecule has 2 fully saturated rings. The van der Waals surface area contributed by atoms with Gasteiger partial charge in [0.1, 0.15) is 11.9 Å². The second-order valence-electron chi connectivity index (χ2n) is 9.07. The highest BCUT2D eigenvalue weighted by Crippen LogP contribution is 2.29. The number of ether oxygens (including phenoxy) is 3. The van der Waals surface area contributed by atoms with Crippen molar-refractivity contribution in [2.45, 2.75) is 50.0 Å². The fourth-order valence-corrected chi connectivity index (χ4v) is 4.68. The van der Waals surface area contributed by atoms with E-state index in [1.54, 1.807) is 36.5 Å². The van der Waals surface area contributed by atoms with Crippen molar-refractivity contribution in [3.8, 4) is 5.75 Å². The summed E-state index contributed by atoms with van der Waals surface area (Å²) in [6.07, 6.45) is 4.23. The maximum Gasteiger partial charge on any atom is 0.322 e. The van der Waals surface area contributed by atoms with Crippen LogP contribution in [-0.2, 0) is 20.7 Å². The van der Waals surface area contributed by atoms with E-state index in [-0.39, 0.29) is 50.3 Å². The Morgan fingerprint density at radius 3 is 2.78 bits per heavy atom. The lowest BCUT2D eigenvalue weighted by Gasteiger charge is -2.44. The number of carbonyl (C=O) groups excluding carboxylic acids is 2. The molecule has 10 nitrogen and oxygen atoms in total. The molecule has 3 N–H and O–H groups in total. The third-order valence-corrected chi connectivity index (χ3v) is 6.49. The maximum atomic E-state index is 13.3. The zero-order chi connectivity index (χ0) is 25.3. The number of anilines is 1. The first-order valence-corrected chi connectivity index (χ1v) is 12.3. The number of benzene rings is 1. The van der Waals surface area contributed by atoms with Crippen molar-refractivity contribution in [2.24, 2.45) is 0 Å². The van der Waals surface area contributed by atoms with E-state index in [1.165, 1.54) is 0 Å². The Hall–Kier alpha value is -3.21. The van der Waals surface area contributed by atoms with Crippen LogP contribution in [0.2, 0.25) is 0 Å². The Morgan fingerprint density at radius 2 is 1.97 bits per heavy atom. The number of nitrogens with one attached hydrogen (secondary N) is 2. The second-order valence-corrected chi connectivity index (χ2v) is 9.07. The van der Waals surface area contributed by atoms with Gasteiger partial charge in [0.25, 0.3) is 0 Å². The molecule has 1 aromatic carbocycles. The Labute approximate surface area is 210 Å². The first-order chi connectivity index (χ1) is 17.5. The van der Waals surface area contributed by atoms with Gasteiger partial charge in [-0.25, -0.2) is 4.79 Å². The Morgan fingerprint density at radius 1 is 1.17 bits per heavy atom. The van der Waals surface area contributed by atoms with Crippen LogP contribution in [0.1, 0.15) is 24.8 Å². The van der Waals surface area contributed by atoms with Crippen LogP contribution in [0.4, 0.5) is 10.5 Å². The van der Waals surface area contributed by atoms with Crippen molar-refractivity contribution < 1.29 is 28.9 Å². The largest absolute Gasteiger partial charge is 0.495 e. The minimum Gasteiger partial charge on any atom is -0.495 e. The summed E-state index contributed by atoms with van der Waals surface area (Å²) in [6, 6.07) is 10.4. The van der Waals surface area contributed by atoms with Crippen LogP contribution in [0, 0.1) is 0 Å². The van der Waals surface area contributed by atoms with E-state index in [4.69, 9.17) is 14.2 Å². The molecule has 4 rings (SSSR count). The molecule has 2 saturated heterocycles. The van der Waals surface area contributed by atoms with Gasteiger partial charge in [0, 0.05) is 18.9 Å². The van der Waals surface area contributed by atoms with Gasteiger partial charge in [-0.2, -0.15) is 0 Å². The number of carbonyl (C=O) groups is 2. The highest BCUT2D eigenvalue weighted by atomic mass is 16.5. The van der Waals surface area contributed by atoms with Crippen LogP contribution >= 0.6 is 0 Å². The minimum atomic E-state index is -0.807. The normalized spacial score (nSPS) is 24.1. The Balaban J connectivity index is 1.34. The molecule has 36 heavy (non-hydrogen) atoms. The molecular formula is C26H34N4O6. The molecule has 0 saturated carbocycles. The van der Waals surface area contributed by atoms with E-state index in [0.29, 0.717) is 30.8 Å². The number of pyridine rings is 1. The summed E-state index contributed by atoms with van der Waals surface area (Å²) in [5.41, 5.74) is 1.66. The lowest BCUT2D eigenvalue weighted by molar-refractivity contribution is -0.149. The number of aliphatic hydroxyl groups excluding tert-OH is 1. The zero-order valence-electron chi connectivity index (χ0n) is 20.5. The van der Waals surface area contributed by atoms with Crippen LogP contribution in [0.25, 0.3) is 0 Å². The number of nitrogens with zero attached hydrogens (tertiary/aromatic N) is 2. The van der Waals surface area contributed by atoms with E-state index in [0.717, 1.165) is 12.0 Å². The van der Waals surface area contributed by atoms with E-state index in [1.807, 2.05) is 24.3 Å². The van der Waals surface area contributed by atoms with Gasteiger partial charge in [0.2, 0.25) is 5.91 Å². The van der Waals surface area contributed by atoms with Gasteiger partial charge in [0.15, 0.2) is 0 Å². The number of aliphatic hydroxyl groups is 1. The number of fused-ring (bicyclic) bond motifs is 1. The molecule has 0 aliphatic carbocycles. The molecule has 3 heterocycles. The average molecular weight is 499 g/mol. The summed E-state index contributed by atoms with van der Waals surface area (Å²) in [4.78, 5) is 31.4. The standard InChI is InChI=1S/C26H34N4O6/c1-34-23-5-3-2-4-21(23)29-26(33)30-15-19(31)16-35-17-24-22(30)7-6-20(36-24)14-25(32)28-13-10-18-8-11-27-12-9-18/h2-5,8-9,11-12,19-20,22,24,31H,6-7,10,13-17H2,1H3,(H,28,32)(H,29,33)/t19-,20+,22+,24-/m0/s1. The van der Waals surface area contributed by atoms with Crippen LogP contribution in [-0.4, -0.2) is 84.7 Å².